The van der Waals surface area contributed by atoms with Crippen LogP contribution < -0.4 is 0 Å². The minimum absolute atomic E-state index is 0.633. The van der Waals surface area contributed by atoms with Gasteiger partial charge in [-0.05, 0) is 23.8 Å². The van der Waals surface area contributed by atoms with Crippen molar-refractivity contribution in [3.8, 4) is 0 Å². The molecule has 0 atom stereocenters. The van der Waals surface area contributed by atoms with E-state index in [-0.39, 0.29) is 0 Å². The van der Waals surface area contributed by atoms with Crippen LogP contribution in [0.5, 0.6) is 0 Å². The van der Waals surface area contributed by atoms with Crippen molar-refractivity contribution in [3.63, 3.8) is 0 Å². The molecule has 2 aromatic rings. The van der Waals surface area contributed by atoms with Crippen LogP contribution in [0.4, 0.5) is 0 Å². The Balaban J connectivity index is 1.95. The van der Waals surface area contributed by atoms with E-state index < -0.39 is 0 Å². The van der Waals surface area contributed by atoms with Gasteiger partial charge in [0, 0.05) is 12.4 Å². The molecular formula is C11H10N2O. The number of hydrogen-bond donors (Lipinski definition) is 0. The average Bonchev–Trinajstić information content (AvgIpc) is 2.72. The van der Waals surface area contributed by atoms with Gasteiger partial charge < -0.3 is 4.42 Å². The van der Waals surface area contributed by atoms with Gasteiger partial charge in [-0.2, -0.15) is 0 Å². The fourth-order valence-corrected chi connectivity index (χ4v) is 1.10. The van der Waals surface area contributed by atoms with Crippen molar-refractivity contribution in [1.82, 2.24) is 4.98 Å². The second kappa shape index (κ2) is 4.37. The van der Waals surface area contributed by atoms with Gasteiger partial charge in [0.05, 0.1) is 19.0 Å². The van der Waals surface area contributed by atoms with Gasteiger partial charge in [-0.15, -0.1) is 0 Å². The van der Waals surface area contributed by atoms with Crippen LogP contribution in [0, 0.1) is 0 Å². The van der Waals surface area contributed by atoms with Crippen LogP contribution in [0.25, 0.3) is 0 Å². The molecule has 2 heterocycles. The highest BCUT2D eigenvalue weighted by Gasteiger charge is 1.89. The Hall–Kier alpha value is -1.90. The van der Waals surface area contributed by atoms with Gasteiger partial charge >= 0.3 is 0 Å². The fourth-order valence-electron chi connectivity index (χ4n) is 1.10. The molecule has 0 radical (unpaired) electrons. The van der Waals surface area contributed by atoms with Crippen molar-refractivity contribution in [2.75, 3.05) is 0 Å². The summed E-state index contributed by atoms with van der Waals surface area (Å²) < 4.78 is 5.11. The van der Waals surface area contributed by atoms with E-state index in [0.29, 0.717) is 6.54 Å². The summed E-state index contributed by atoms with van der Waals surface area (Å²) in [5.74, 6) is 0.772. The van der Waals surface area contributed by atoms with Crippen LogP contribution in [-0.2, 0) is 6.54 Å². The van der Waals surface area contributed by atoms with E-state index >= 15 is 0 Å². The van der Waals surface area contributed by atoms with Gasteiger partial charge in [0.2, 0.25) is 0 Å². The van der Waals surface area contributed by atoms with E-state index in [0.717, 1.165) is 11.3 Å². The maximum atomic E-state index is 5.11. The molecule has 0 saturated carbocycles. The first kappa shape index (κ1) is 8.69. The van der Waals surface area contributed by atoms with E-state index in [1.165, 1.54) is 0 Å². The number of pyridine rings is 1. The summed E-state index contributed by atoms with van der Waals surface area (Å²) in [4.78, 5) is 8.23. The molecule has 2 rings (SSSR count). The zero-order valence-corrected chi connectivity index (χ0v) is 7.63. The molecule has 0 aromatic carbocycles. The van der Waals surface area contributed by atoms with Crippen LogP contribution in [0.2, 0.25) is 0 Å². The summed E-state index contributed by atoms with van der Waals surface area (Å²) in [5, 5.41) is 0. The lowest BCUT2D eigenvalue weighted by atomic mass is 10.3. The number of furan rings is 1. The highest BCUT2D eigenvalue weighted by Crippen LogP contribution is 1.99. The van der Waals surface area contributed by atoms with E-state index in [4.69, 9.17) is 4.42 Å². The molecule has 3 nitrogen and oxygen atoms in total. The minimum Gasteiger partial charge on any atom is -0.463 e. The molecule has 2 aromatic heterocycles. The van der Waals surface area contributed by atoms with Crippen LogP contribution in [0.1, 0.15) is 11.3 Å². The largest absolute Gasteiger partial charge is 0.463 e. The summed E-state index contributed by atoms with van der Waals surface area (Å²) in [6.45, 7) is 0.633. The Morgan fingerprint density at radius 3 is 3.07 bits per heavy atom. The first-order valence-corrected chi connectivity index (χ1v) is 4.37. The Morgan fingerprint density at radius 1 is 1.36 bits per heavy atom. The monoisotopic (exact) mass is 186 g/mol. The molecular weight excluding hydrogens is 176 g/mol. The first-order chi connectivity index (χ1) is 6.95. The summed E-state index contributed by atoms with van der Waals surface area (Å²) in [6, 6.07) is 7.60. The molecule has 3 heteroatoms. The third-order valence-electron chi connectivity index (χ3n) is 1.76. The first-order valence-electron chi connectivity index (χ1n) is 4.37. The lowest BCUT2D eigenvalue weighted by Gasteiger charge is -1.92. The van der Waals surface area contributed by atoms with Crippen molar-refractivity contribution < 1.29 is 4.42 Å². The maximum Gasteiger partial charge on any atom is 0.144 e. The number of hydrogen-bond acceptors (Lipinski definition) is 3. The molecule has 0 fully saturated rings. The van der Waals surface area contributed by atoms with Gasteiger partial charge in [0.25, 0.3) is 0 Å². The lowest BCUT2D eigenvalue weighted by Crippen LogP contribution is -1.83. The van der Waals surface area contributed by atoms with Gasteiger partial charge in [-0.25, -0.2) is 0 Å². The van der Waals surface area contributed by atoms with Crippen molar-refractivity contribution in [2.45, 2.75) is 6.54 Å². The van der Waals surface area contributed by atoms with Crippen molar-refractivity contribution in [1.29, 1.82) is 0 Å². The predicted octanol–water partition coefficient (Wildman–Crippen LogP) is 2.29. The molecule has 0 saturated heterocycles. The average molecular weight is 186 g/mol. The number of aromatic nitrogens is 1. The maximum absolute atomic E-state index is 5.11. The Morgan fingerprint density at radius 2 is 2.36 bits per heavy atom. The van der Waals surface area contributed by atoms with E-state index in [9.17, 15) is 0 Å². The molecule has 0 aliphatic carbocycles. The van der Waals surface area contributed by atoms with Gasteiger partial charge in [-0.3, -0.25) is 9.98 Å². The van der Waals surface area contributed by atoms with Crippen LogP contribution in [0.15, 0.2) is 52.3 Å². The molecule has 0 spiro atoms. The molecule has 14 heavy (non-hydrogen) atoms. The Bertz CT molecular complexity index is 392. The third-order valence-corrected chi connectivity index (χ3v) is 1.76. The quantitative estimate of drug-likeness (QED) is 0.690. The molecule has 70 valence electrons. The number of aliphatic imine (C=N–C) groups is 1. The van der Waals surface area contributed by atoms with Crippen molar-refractivity contribution >= 4 is 6.21 Å². The molecule has 0 bridgehead atoms. The van der Waals surface area contributed by atoms with Gasteiger partial charge in [0.15, 0.2) is 0 Å². The smallest absolute Gasteiger partial charge is 0.144 e. The van der Waals surface area contributed by atoms with Gasteiger partial charge in [-0.1, -0.05) is 6.07 Å². The lowest BCUT2D eigenvalue weighted by molar-refractivity contribution is 0.560. The van der Waals surface area contributed by atoms with E-state index in [1.807, 2.05) is 24.3 Å². The summed E-state index contributed by atoms with van der Waals surface area (Å²) in [7, 11) is 0. The van der Waals surface area contributed by atoms with Gasteiger partial charge in [0.1, 0.15) is 5.76 Å². The molecule has 0 aliphatic heterocycles. The molecule has 0 aliphatic rings. The highest BCUT2D eigenvalue weighted by molar-refractivity contribution is 5.75. The summed E-state index contributed by atoms with van der Waals surface area (Å²) in [6.07, 6.45) is 6.90. The SMILES string of the molecule is C(=NCc1cccnc1)c1ccco1. The third kappa shape index (κ3) is 2.29. The molecule has 0 N–H and O–H groups in total. The van der Waals surface area contributed by atoms with Crippen LogP contribution >= 0.6 is 0 Å². The fraction of sp³-hybridized carbons (Fsp3) is 0.0909. The number of rotatable bonds is 3. The molecule has 0 amide bonds. The highest BCUT2D eigenvalue weighted by atomic mass is 16.3. The summed E-state index contributed by atoms with van der Waals surface area (Å²) in [5.41, 5.74) is 1.09. The second-order valence-corrected chi connectivity index (χ2v) is 2.85. The second-order valence-electron chi connectivity index (χ2n) is 2.85. The van der Waals surface area contributed by atoms with Crippen molar-refractivity contribution in [2.24, 2.45) is 4.99 Å². The zero-order chi connectivity index (χ0) is 9.64. The van der Waals surface area contributed by atoms with Crippen LogP contribution in [0.3, 0.4) is 0 Å². The Kier molecular flexibility index (Phi) is 2.71. The normalized spacial score (nSPS) is 10.9. The van der Waals surface area contributed by atoms with E-state index in [1.54, 1.807) is 24.9 Å². The van der Waals surface area contributed by atoms with Crippen LogP contribution in [-0.4, -0.2) is 11.2 Å². The number of nitrogens with zero attached hydrogens (tertiary/aromatic N) is 2. The Labute approximate surface area is 82.1 Å². The zero-order valence-electron chi connectivity index (χ0n) is 7.63. The van der Waals surface area contributed by atoms with Crippen molar-refractivity contribution in [3.05, 3.63) is 54.2 Å². The predicted molar refractivity (Wildman–Crippen MR) is 54.2 cm³/mol. The topological polar surface area (TPSA) is 38.4 Å². The van der Waals surface area contributed by atoms with E-state index in [2.05, 4.69) is 9.98 Å². The summed E-state index contributed by atoms with van der Waals surface area (Å²) >= 11 is 0. The minimum atomic E-state index is 0.633. The standard InChI is InChI=1S/C11H10N2O/c1-3-10(7-12-5-1)8-13-9-11-4-2-6-14-11/h1-7,9H,8H2. The molecule has 0 unspecified atom stereocenters.